The van der Waals surface area contributed by atoms with Crippen LogP contribution in [-0.4, -0.2) is 41.4 Å². The fourth-order valence-corrected chi connectivity index (χ4v) is 4.13. The van der Waals surface area contributed by atoms with E-state index in [0.29, 0.717) is 18.4 Å². The van der Waals surface area contributed by atoms with Gasteiger partial charge in [-0.2, -0.15) is 0 Å². The maximum atomic E-state index is 5.73. The first-order valence-electron chi connectivity index (χ1n) is 6.89. The van der Waals surface area contributed by atoms with Crippen molar-refractivity contribution in [2.45, 2.75) is 18.9 Å². The maximum Gasteiger partial charge on any atom is 0.226 e. The normalized spacial score (nSPS) is 29.9. The predicted octanol–water partition coefficient (Wildman–Crippen LogP) is 1.84. The molecule has 2 aromatic heterocycles. The van der Waals surface area contributed by atoms with Crippen molar-refractivity contribution in [2.75, 3.05) is 26.3 Å². The van der Waals surface area contributed by atoms with Crippen LogP contribution in [0.5, 0.6) is 0 Å². The van der Waals surface area contributed by atoms with Crippen LogP contribution in [-0.2, 0) is 16.7 Å². The van der Waals surface area contributed by atoms with E-state index in [2.05, 4.69) is 32.6 Å². The molecule has 0 N–H and O–H groups in total. The second-order valence-corrected chi connectivity index (χ2v) is 6.78. The van der Waals surface area contributed by atoms with Gasteiger partial charge in [0.05, 0.1) is 18.6 Å². The number of ether oxygens (including phenoxy) is 1. The molecule has 0 radical (unpaired) electrons. The van der Waals surface area contributed by atoms with Crippen molar-refractivity contribution in [1.29, 1.82) is 0 Å². The lowest BCUT2D eigenvalue weighted by Crippen LogP contribution is -2.35. The number of rotatable bonds is 3. The summed E-state index contributed by atoms with van der Waals surface area (Å²) in [7, 11) is 0. The fraction of sp³-hybridized carbons (Fsp3) is 0.571. The summed E-state index contributed by atoms with van der Waals surface area (Å²) in [6, 6.07) is 4.30. The van der Waals surface area contributed by atoms with Crippen LogP contribution in [0.4, 0.5) is 0 Å². The van der Waals surface area contributed by atoms with Crippen molar-refractivity contribution in [2.24, 2.45) is 5.92 Å². The summed E-state index contributed by atoms with van der Waals surface area (Å²) in [5, 5.41) is 10.4. The van der Waals surface area contributed by atoms with E-state index in [1.165, 1.54) is 4.88 Å². The zero-order chi connectivity index (χ0) is 13.6. The van der Waals surface area contributed by atoms with Crippen molar-refractivity contribution in [3.63, 3.8) is 0 Å². The minimum Gasteiger partial charge on any atom is -0.425 e. The summed E-state index contributed by atoms with van der Waals surface area (Å²) in [5.74, 6) is 1.85. The molecular formula is C14H17N3O2S. The summed E-state index contributed by atoms with van der Waals surface area (Å²) in [5.41, 5.74) is -0.0987. The topological polar surface area (TPSA) is 51.4 Å². The molecule has 4 heterocycles. The van der Waals surface area contributed by atoms with E-state index in [-0.39, 0.29) is 5.41 Å². The van der Waals surface area contributed by atoms with E-state index in [4.69, 9.17) is 9.15 Å². The van der Waals surface area contributed by atoms with E-state index < -0.39 is 0 Å². The monoisotopic (exact) mass is 291 g/mol. The van der Waals surface area contributed by atoms with E-state index in [1.54, 1.807) is 0 Å². The van der Waals surface area contributed by atoms with Crippen LogP contribution in [0.2, 0.25) is 0 Å². The van der Waals surface area contributed by atoms with E-state index in [0.717, 1.165) is 32.1 Å². The average Bonchev–Trinajstić information content (AvgIpc) is 3.12. The van der Waals surface area contributed by atoms with Crippen LogP contribution in [0, 0.1) is 12.8 Å². The summed E-state index contributed by atoms with van der Waals surface area (Å²) in [4.78, 5) is 3.89. The van der Waals surface area contributed by atoms with E-state index >= 15 is 0 Å². The molecule has 2 aliphatic rings. The number of hydrogen-bond donors (Lipinski definition) is 0. The van der Waals surface area contributed by atoms with Gasteiger partial charge in [0, 0.05) is 37.4 Å². The molecule has 2 atom stereocenters. The lowest BCUT2D eigenvalue weighted by atomic mass is 9.81. The van der Waals surface area contributed by atoms with Crippen molar-refractivity contribution in [3.8, 4) is 0 Å². The van der Waals surface area contributed by atoms with E-state index in [1.807, 2.05) is 18.3 Å². The van der Waals surface area contributed by atoms with Gasteiger partial charge >= 0.3 is 0 Å². The lowest BCUT2D eigenvalue weighted by Gasteiger charge is -2.22. The van der Waals surface area contributed by atoms with Gasteiger partial charge in [-0.25, -0.2) is 0 Å². The van der Waals surface area contributed by atoms with Gasteiger partial charge in [0.25, 0.3) is 0 Å². The highest BCUT2D eigenvalue weighted by atomic mass is 32.1. The Morgan fingerprint density at radius 1 is 1.50 bits per heavy atom. The Balaban J connectivity index is 1.59. The molecular weight excluding hydrogens is 274 g/mol. The number of likely N-dealkylation sites (tertiary alicyclic amines) is 1. The molecule has 0 aromatic carbocycles. The summed E-state index contributed by atoms with van der Waals surface area (Å²) in [6.07, 6.45) is 0. The smallest absolute Gasteiger partial charge is 0.226 e. The standard InChI is InChI=1S/C14H17N3O2S/c1-10-15-16-13(19-10)14-8-17(5-11(14)7-18-9-14)6-12-3-2-4-20-12/h2-4,11H,5-9H2,1H3/t11-,14-/m0/s1. The van der Waals surface area contributed by atoms with Crippen molar-refractivity contribution < 1.29 is 9.15 Å². The molecule has 0 unspecified atom stereocenters. The van der Waals surface area contributed by atoms with Gasteiger partial charge in [-0.3, -0.25) is 4.90 Å². The third kappa shape index (κ3) is 1.90. The molecule has 0 bridgehead atoms. The van der Waals surface area contributed by atoms with Crippen LogP contribution >= 0.6 is 11.3 Å². The molecule has 2 aliphatic heterocycles. The number of thiophene rings is 1. The largest absolute Gasteiger partial charge is 0.425 e. The average molecular weight is 291 g/mol. The Hall–Kier alpha value is -1.24. The molecule has 2 saturated heterocycles. The second-order valence-electron chi connectivity index (χ2n) is 5.74. The maximum absolute atomic E-state index is 5.73. The first kappa shape index (κ1) is 12.5. The molecule has 2 fully saturated rings. The van der Waals surface area contributed by atoms with Gasteiger partial charge in [0.2, 0.25) is 11.8 Å². The zero-order valence-corrected chi connectivity index (χ0v) is 12.2. The molecule has 20 heavy (non-hydrogen) atoms. The molecule has 0 saturated carbocycles. The highest BCUT2D eigenvalue weighted by molar-refractivity contribution is 7.09. The number of aryl methyl sites for hydroxylation is 1. The third-order valence-electron chi connectivity index (χ3n) is 4.36. The van der Waals surface area contributed by atoms with E-state index in [9.17, 15) is 0 Å². The Labute approximate surface area is 121 Å². The molecule has 106 valence electrons. The number of aromatic nitrogens is 2. The van der Waals surface area contributed by atoms with Crippen LogP contribution in [0.1, 0.15) is 16.7 Å². The molecule has 0 aliphatic carbocycles. The predicted molar refractivity (Wildman–Crippen MR) is 74.6 cm³/mol. The SMILES string of the molecule is Cc1nnc([C@@]23COC[C@@H]2CN(Cc2cccs2)C3)o1. The minimum absolute atomic E-state index is 0.0987. The summed E-state index contributed by atoms with van der Waals surface area (Å²) >= 11 is 1.81. The number of nitrogens with zero attached hydrogens (tertiary/aromatic N) is 3. The van der Waals surface area contributed by atoms with Gasteiger partial charge in [-0.1, -0.05) is 6.07 Å². The molecule has 2 aromatic rings. The molecule has 6 heteroatoms. The molecule has 0 spiro atoms. The molecule has 5 nitrogen and oxygen atoms in total. The van der Waals surface area contributed by atoms with Crippen LogP contribution in [0.25, 0.3) is 0 Å². The third-order valence-corrected chi connectivity index (χ3v) is 5.22. The molecule has 0 amide bonds. The Morgan fingerprint density at radius 3 is 3.20 bits per heavy atom. The van der Waals surface area contributed by atoms with Gasteiger partial charge < -0.3 is 9.15 Å². The van der Waals surface area contributed by atoms with Crippen molar-refractivity contribution >= 4 is 11.3 Å². The van der Waals surface area contributed by atoms with Crippen LogP contribution in [0.3, 0.4) is 0 Å². The van der Waals surface area contributed by atoms with Crippen LogP contribution < -0.4 is 0 Å². The van der Waals surface area contributed by atoms with Gasteiger partial charge in [-0.05, 0) is 11.4 Å². The molecule has 4 rings (SSSR count). The van der Waals surface area contributed by atoms with Crippen molar-refractivity contribution in [1.82, 2.24) is 15.1 Å². The minimum atomic E-state index is -0.0987. The first-order chi connectivity index (χ1) is 9.76. The highest BCUT2D eigenvalue weighted by Crippen LogP contribution is 2.43. The van der Waals surface area contributed by atoms with Gasteiger partial charge in [0.15, 0.2) is 0 Å². The van der Waals surface area contributed by atoms with Crippen molar-refractivity contribution in [3.05, 3.63) is 34.2 Å². The second kappa shape index (κ2) is 4.65. The Kier molecular flexibility index (Phi) is 2.90. The van der Waals surface area contributed by atoms with Crippen LogP contribution in [0.15, 0.2) is 21.9 Å². The Morgan fingerprint density at radius 2 is 2.45 bits per heavy atom. The number of fused-ring (bicyclic) bond motifs is 1. The summed E-state index contributed by atoms with van der Waals surface area (Å²) in [6.45, 7) is 6.32. The fourth-order valence-electron chi connectivity index (χ4n) is 3.38. The Bertz CT molecular complexity index is 597. The summed E-state index contributed by atoms with van der Waals surface area (Å²) < 4.78 is 11.4. The van der Waals surface area contributed by atoms with Gasteiger partial charge in [0.1, 0.15) is 0 Å². The van der Waals surface area contributed by atoms with Gasteiger partial charge in [-0.15, -0.1) is 21.5 Å². The number of hydrogen-bond acceptors (Lipinski definition) is 6. The lowest BCUT2D eigenvalue weighted by molar-refractivity contribution is 0.140. The quantitative estimate of drug-likeness (QED) is 0.863. The first-order valence-corrected chi connectivity index (χ1v) is 7.77. The zero-order valence-electron chi connectivity index (χ0n) is 11.4. The highest BCUT2D eigenvalue weighted by Gasteiger charge is 2.55.